The topological polar surface area (TPSA) is 42.7 Å². The molecule has 132 valence electrons. The number of fused-ring (bicyclic) bond motifs is 1. The first kappa shape index (κ1) is 16.5. The monoisotopic (exact) mass is 356 g/mol. The van der Waals surface area contributed by atoms with Crippen LogP contribution in [0.2, 0.25) is 0 Å². The number of ether oxygens (including phenoxy) is 1. The fraction of sp³-hybridized carbons (Fsp3) is 0.474. The number of nitrogens with zero attached hydrogens (tertiary/aromatic N) is 4. The third kappa shape index (κ3) is 3.04. The minimum Gasteiger partial charge on any atom is -0.367 e. The van der Waals surface area contributed by atoms with E-state index < -0.39 is 0 Å². The predicted octanol–water partition coefficient (Wildman–Crippen LogP) is 3.84. The number of imidazole rings is 1. The van der Waals surface area contributed by atoms with Gasteiger partial charge in [-0.25, -0.2) is 9.50 Å². The second-order valence-corrected chi connectivity index (χ2v) is 8.79. The molecule has 0 radical (unpaired) electrons. The molecular weight excluding hydrogens is 332 g/mol. The number of anilines is 1. The Morgan fingerprint density at radius 3 is 2.64 bits per heavy atom. The first-order valence-corrected chi connectivity index (χ1v) is 9.48. The Morgan fingerprint density at radius 2 is 1.96 bits per heavy atom. The van der Waals surface area contributed by atoms with Crippen molar-refractivity contribution in [1.29, 1.82) is 0 Å². The molecule has 1 aromatic carbocycles. The van der Waals surface area contributed by atoms with Gasteiger partial charge in [0.15, 0.2) is 0 Å². The van der Waals surface area contributed by atoms with Gasteiger partial charge < -0.3 is 9.64 Å². The molecule has 3 aromatic rings. The molecule has 3 heterocycles. The standard InChI is InChI=1S/C19H24N4OS/c1-18(2,3)15-12-23-16(20-15)25-17(21-23)22-10-11-24-19(4,13-22)14-8-6-5-7-9-14/h5-9,12H,10-11,13H2,1-4H3. The third-order valence-electron chi connectivity index (χ3n) is 4.73. The Hall–Kier alpha value is -1.92. The minimum absolute atomic E-state index is 0.0401. The third-order valence-corrected chi connectivity index (χ3v) is 5.71. The average Bonchev–Trinajstić information content (AvgIpc) is 3.14. The summed E-state index contributed by atoms with van der Waals surface area (Å²) in [5.74, 6) is 0. The lowest BCUT2D eigenvalue weighted by atomic mass is 9.93. The Balaban J connectivity index is 1.61. The van der Waals surface area contributed by atoms with E-state index in [1.165, 1.54) is 5.56 Å². The highest BCUT2D eigenvalue weighted by atomic mass is 32.1. The van der Waals surface area contributed by atoms with E-state index in [-0.39, 0.29) is 11.0 Å². The van der Waals surface area contributed by atoms with Gasteiger partial charge in [0, 0.05) is 12.0 Å². The molecule has 25 heavy (non-hydrogen) atoms. The van der Waals surface area contributed by atoms with Crippen LogP contribution in [0, 0.1) is 0 Å². The van der Waals surface area contributed by atoms with E-state index in [1.807, 2.05) is 16.8 Å². The summed E-state index contributed by atoms with van der Waals surface area (Å²) in [6.45, 7) is 11.0. The highest BCUT2D eigenvalue weighted by molar-refractivity contribution is 7.20. The number of aromatic nitrogens is 3. The summed E-state index contributed by atoms with van der Waals surface area (Å²) >= 11 is 1.65. The first-order chi connectivity index (χ1) is 11.9. The van der Waals surface area contributed by atoms with E-state index in [4.69, 9.17) is 14.8 Å². The number of hydrogen-bond acceptors (Lipinski definition) is 5. The second-order valence-electron chi connectivity index (χ2n) is 7.85. The summed E-state index contributed by atoms with van der Waals surface area (Å²) in [7, 11) is 0. The molecule has 0 amide bonds. The van der Waals surface area contributed by atoms with E-state index in [2.05, 4.69) is 56.9 Å². The molecule has 6 heteroatoms. The van der Waals surface area contributed by atoms with Crippen molar-refractivity contribution in [3.8, 4) is 0 Å². The first-order valence-electron chi connectivity index (χ1n) is 8.66. The van der Waals surface area contributed by atoms with Gasteiger partial charge in [-0.3, -0.25) is 0 Å². The van der Waals surface area contributed by atoms with Crippen LogP contribution in [0.15, 0.2) is 36.5 Å². The summed E-state index contributed by atoms with van der Waals surface area (Å²) in [4.78, 5) is 8.02. The van der Waals surface area contributed by atoms with Gasteiger partial charge in [-0.15, -0.1) is 5.10 Å². The van der Waals surface area contributed by atoms with Gasteiger partial charge in [0.2, 0.25) is 10.1 Å². The van der Waals surface area contributed by atoms with Crippen LogP contribution < -0.4 is 4.90 Å². The molecule has 0 saturated carbocycles. The van der Waals surface area contributed by atoms with Crippen molar-refractivity contribution in [3.05, 3.63) is 47.8 Å². The van der Waals surface area contributed by atoms with E-state index in [0.29, 0.717) is 6.61 Å². The maximum atomic E-state index is 6.14. The van der Waals surface area contributed by atoms with Gasteiger partial charge in [0.25, 0.3) is 0 Å². The number of rotatable bonds is 2. The molecule has 0 bridgehead atoms. The van der Waals surface area contributed by atoms with Crippen molar-refractivity contribution in [3.63, 3.8) is 0 Å². The number of morpholine rings is 1. The van der Waals surface area contributed by atoms with Crippen molar-refractivity contribution in [1.82, 2.24) is 14.6 Å². The van der Waals surface area contributed by atoms with Crippen molar-refractivity contribution >= 4 is 21.4 Å². The van der Waals surface area contributed by atoms with E-state index >= 15 is 0 Å². The quantitative estimate of drug-likeness (QED) is 0.700. The molecule has 5 nitrogen and oxygen atoms in total. The van der Waals surface area contributed by atoms with Gasteiger partial charge in [0.1, 0.15) is 5.60 Å². The van der Waals surface area contributed by atoms with Crippen molar-refractivity contribution in [2.45, 2.75) is 38.7 Å². The Kier molecular flexibility index (Phi) is 3.85. The average molecular weight is 356 g/mol. The fourth-order valence-electron chi connectivity index (χ4n) is 3.18. The molecule has 1 atom stereocenters. The Morgan fingerprint density at radius 1 is 1.20 bits per heavy atom. The van der Waals surface area contributed by atoms with Crippen LogP contribution in [0.3, 0.4) is 0 Å². The lowest BCUT2D eigenvalue weighted by Crippen LogP contribution is -2.48. The maximum absolute atomic E-state index is 6.14. The summed E-state index contributed by atoms with van der Waals surface area (Å²) in [5, 5.41) is 5.78. The van der Waals surface area contributed by atoms with Crippen LogP contribution in [-0.2, 0) is 15.8 Å². The molecule has 1 aliphatic heterocycles. The molecule has 1 aliphatic rings. The molecule has 2 aromatic heterocycles. The van der Waals surface area contributed by atoms with Crippen LogP contribution in [0.5, 0.6) is 0 Å². The zero-order chi connectivity index (χ0) is 17.7. The zero-order valence-electron chi connectivity index (χ0n) is 15.2. The molecule has 1 fully saturated rings. The lowest BCUT2D eigenvalue weighted by molar-refractivity contribution is -0.0466. The van der Waals surface area contributed by atoms with Crippen molar-refractivity contribution in [2.75, 3.05) is 24.6 Å². The van der Waals surface area contributed by atoms with Crippen molar-refractivity contribution in [2.24, 2.45) is 0 Å². The smallest absolute Gasteiger partial charge is 0.214 e. The molecule has 0 spiro atoms. The van der Waals surface area contributed by atoms with Crippen molar-refractivity contribution < 1.29 is 4.74 Å². The Labute approximate surface area is 152 Å². The number of hydrogen-bond donors (Lipinski definition) is 0. The molecule has 1 saturated heterocycles. The fourth-order valence-corrected chi connectivity index (χ4v) is 4.09. The zero-order valence-corrected chi connectivity index (χ0v) is 16.0. The predicted molar refractivity (Wildman–Crippen MR) is 102 cm³/mol. The minimum atomic E-state index is -0.316. The van der Waals surface area contributed by atoms with Gasteiger partial charge in [-0.1, -0.05) is 62.4 Å². The SMILES string of the molecule is CC(C)(C)c1cn2nc(N3CCOC(C)(c4ccccc4)C3)sc2n1. The largest absolute Gasteiger partial charge is 0.367 e. The molecular formula is C19H24N4OS. The lowest BCUT2D eigenvalue weighted by Gasteiger charge is -2.40. The van der Waals surface area contributed by atoms with Crippen LogP contribution in [-0.4, -0.2) is 34.3 Å². The highest BCUT2D eigenvalue weighted by Gasteiger charge is 2.35. The van der Waals surface area contributed by atoms with Gasteiger partial charge in [0.05, 0.1) is 25.0 Å². The van der Waals surface area contributed by atoms with Gasteiger partial charge in [-0.05, 0) is 12.5 Å². The number of benzene rings is 1. The maximum Gasteiger partial charge on any atom is 0.214 e. The normalized spacial score (nSPS) is 21.8. The van der Waals surface area contributed by atoms with Crippen LogP contribution in [0.25, 0.3) is 4.96 Å². The Bertz CT molecular complexity index is 848. The molecule has 0 aliphatic carbocycles. The molecule has 0 N–H and O–H groups in total. The van der Waals surface area contributed by atoms with Gasteiger partial charge in [-0.2, -0.15) is 0 Å². The summed E-state index contributed by atoms with van der Waals surface area (Å²) in [5.41, 5.74) is 2.01. The summed E-state index contributed by atoms with van der Waals surface area (Å²) in [6, 6.07) is 10.4. The highest BCUT2D eigenvalue weighted by Crippen LogP contribution is 2.34. The molecule has 1 unspecified atom stereocenters. The van der Waals surface area contributed by atoms with Gasteiger partial charge >= 0.3 is 0 Å². The van der Waals surface area contributed by atoms with Crippen LogP contribution in [0.4, 0.5) is 5.13 Å². The molecule has 4 rings (SSSR count). The summed E-state index contributed by atoms with van der Waals surface area (Å²) in [6.07, 6.45) is 2.05. The second kappa shape index (κ2) is 5.81. The van der Waals surface area contributed by atoms with Crippen LogP contribution in [0.1, 0.15) is 39.0 Å². The van der Waals surface area contributed by atoms with E-state index in [0.717, 1.165) is 28.9 Å². The summed E-state index contributed by atoms with van der Waals surface area (Å²) < 4.78 is 8.05. The van der Waals surface area contributed by atoms with E-state index in [1.54, 1.807) is 11.3 Å². The van der Waals surface area contributed by atoms with Crippen LogP contribution >= 0.6 is 11.3 Å². The van der Waals surface area contributed by atoms with E-state index in [9.17, 15) is 0 Å².